The van der Waals surface area contributed by atoms with E-state index in [1.54, 1.807) is 11.8 Å². The summed E-state index contributed by atoms with van der Waals surface area (Å²) in [6.07, 6.45) is 3.23. The van der Waals surface area contributed by atoms with E-state index in [9.17, 15) is 4.79 Å². The zero-order valence-corrected chi connectivity index (χ0v) is 9.43. The molecule has 1 aliphatic rings. The minimum absolute atomic E-state index is 0.117. The van der Waals surface area contributed by atoms with Crippen LogP contribution >= 0.6 is 11.8 Å². The van der Waals surface area contributed by atoms with E-state index >= 15 is 0 Å². The van der Waals surface area contributed by atoms with Crippen molar-refractivity contribution in [3.05, 3.63) is 42.5 Å². The third-order valence-electron chi connectivity index (χ3n) is 2.68. The van der Waals surface area contributed by atoms with Crippen LogP contribution in [0, 0.1) is 0 Å². The van der Waals surface area contributed by atoms with Gasteiger partial charge in [0.15, 0.2) is 0 Å². The normalized spacial score (nSPS) is 18.5. The van der Waals surface area contributed by atoms with Gasteiger partial charge >= 0.3 is 0 Å². The minimum Gasteiger partial charge on any atom is -0.299 e. The van der Waals surface area contributed by atoms with Gasteiger partial charge in [0.05, 0.1) is 5.92 Å². The summed E-state index contributed by atoms with van der Waals surface area (Å²) in [6.45, 7) is 3.65. The topological polar surface area (TPSA) is 17.1 Å². The Bertz CT molecular complexity index is 384. The van der Waals surface area contributed by atoms with E-state index in [4.69, 9.17) is 0 Å². The van der Waals surface area contributed by atoms with Crippen LogP contribution in [-0.2, 0) is 4.79 Å². The van der Waals surface area contributed by atoms with E-state index in [1.165, 1.54) is 10.5 Å². The Morgan fingerprint density at radius 3 is 3.13 bits per heavy atom. The monoisotopic (exact) mass is 218 g/mol. The van der Waals surface area contributed by atoms with Crippen molar-refractivity contribution in [2.24, 2.45) is 0 Å². The van der Waals surface area contributed by atoms with Crippen LogP contribution in [0.15, 0.2) is 41.8 Å². The molecular formula is C13H14OS. The van der Waals surface area contributed by atoms with Crippen LogP contribution in [0.2, 0.25) is 0 Å². The molecule has 1 unspecified atom stereocenters. The van der Waals surface area contributed by atoms with Gasteiger partial charge in [0.25, 0.3) is 0 Å². The number of allylic oxidation sites excluding steroid dienone is 1. The maximum atomic E-state index is 11.9. The lowest BCUT2D eigenvalue weighted by molar-refractivity contribution is -0.119. The molecule has 1 aromatic carbocycles. The lowest BCUT2D eigenvalue weighted by Gasteiger charge is -2.08. The third kappa shape index (κ3) is 2.15. The van der Waals surface area contributed by atoms with Gasteiger partial charge in [0.2, 0.25) is 0 Å². The lowest BCUT2D eigenvalue weighted by atomic mass is 9.94. The second kappa shape index (κ2) is 4.67. The molecule has 15 heavy (non-hydrogen) atoms. The van der Waals surface area contributed by atoms with E-state index in [1.807, 2.05) is 18.2 Å². The van der Waals surface area contributed by atoms with Gasteiger partial charge in [-0.1, -0.05) is 24.3 Å². The first-order chi connectivity index (χ1) is 7.33. The van der Waals surface area contributed by atoms with Crippen LogP contribution < -0.4 is 0 Å². The molecule has 1 heterocycles. The molecule has 0 amide bonds. The number of thioether (sulfide) groups is 1. The number of carbonyl (C=O) groups excluding carboxylic acids is 1. The molecule has 0 bridgehead atoms. The number of hydrogen-bond acceptors (Lipinski definition) is 2. The standard InChI is InChI=1S/C13H14OS/c1-2-3-7-12(14)11-9-15-13-8-5-4-6-10(11)13/h2,4-6,8,11H,1,3,7,9H2. The summed E-state index contributed by atoms with van der Waals surface area (Å²) in [6, 6.07) is 8.22. The molecule has 2 heteroatoms. The van der Waals surface area contributed by atoms with Gasteiger partial charge in [-0.3, -0.25) is 4.79 Å². The number of fused-ring (bicyclic) bond motifs is 1. The highest BCUT2D eigenvalue weighted by Crippen LogP contribution is 2.40. The van der Waals surface area contributed by atoms with Gasteiger partial charge in [-0.2, -0.15) is 0 Å². The molecule has 1 nitrogen and oxygen atoms in total. The van der Waals surface area contributed by atoms with Crippen LogP contribution in [0.3, 0.4) is 0 Å². The molecule has 1 atom stereocenters. The molecule has 2 rings (SSSR count). The van der Waals surface area contributed by atoms with E-state index < -0.39 is 0 Å². The van der Waals surface area contributed by atoms with Crippen molar-refractivity contribution in [3.63, 3.8) is 0 Å². The van der Waals surface area contributed by atoms with Gasteiger partial charge in [-0.05, 0) is 18.1 Å². The van der Waals surface area contributed by atoms with Gasteiger partial charge in [-0.15, -0.1) is 18.3 Å². The zero-order chi connectivity index (χ0) is 10.7. The Kier molecular flexibility index (Phi) is 3.27. The first-order valence-electron chi connectivity index (χ1n) is 5.18. The maximum absolute atomic E-state index is 11.9. The van der Waals surface area contributed by atoms with Crippen LogP contribution in [0.1, 0.15) is 24.3 Å². The van der Waals surface area contributed by atoms with Crippen molar-refractivity contribution < 1.29 is 4.79 Å². The highest BCUT2D eigenvalue weighted by molar-refractivity contribution is 7.99. The molecule has 0 aliphatic carbocycles. The van der Waals surface area contributed by atoms with E-state index in [0.29, 0.717) is 12.2 Å². The number of carbonyl (C=O) groups is 1. The summed E-state index contributed by atoms with van der Waals surface area (Å²) in [4.78, 5) is 13.2. The average Bonchev–Trinajstić information content (AvgIpc) is 2.69. The Labute approximate surface area is 94.6 Å². The minimum atomic E-state index is 0.117. The SMILES string of the molecule is C=CCCC(=O)C1CSc2ccccc21. The Balaban J connectivity index is 2.13. The van der Waals surface area contributed by atoms with Gasteiger partial charge in [0.1, 0.15) is 5.78 Å². The van der Waals surface area contributed by atoms with Crippen molar-refractivity contribution in [2.45, 2.75) is 23.7 Å². The summed E-state index contributed by atoms with van der Waals surface area (Å²) < 4.78 is 0. The maximum Gasteiger partial charge on any atom is 0.141 e. The van der Waals surface area contributed by atoms with Crippen molar-refractivity contribution in [2.75, 3.05) is 5.75 Å². The predicted octanol–water partition coefficient (Wildman–Crippen LogP) is 3.41. The number of rotatable bonds is 4. The lowest BCUT2D eigenvalue weighted by Crippen LogP contribution is -2.11. The van der Waals surface area contributed by atoms with Crippen molar-refractivity contribution in [3.8, 4) is 0 Å². The molecule has 0 fully saturated rings. The van der Waals surface area contributed by atoms with Crippen LogP contribution in [0.5, 0.6) is 0 Å². The smallest absolute Gasteiger partial charge is 0.141 e. The number of ketones is 1. The van der Waals surface area contributed by atoms with Crippen molar-refractivity contribution >= 4 is 17.5 Å². The van der Waals surface area contributed by atoms with Crippen LogP contribution in [0.25, 0.3) is 0 Å². The molecule has 0 N–H and O–H groups in total. The van der Waals surface area contributed by atoms with E-state index in [-0.39, 0.29) is 5.92 Å². The Hall–Kier alpha value is -1.02. The quantitative estimate of drug-likeness (QED) is 0.720. The van der Waals surface area contributed by atoms with E-state index in [2.05, 4.69) is 18.7 Å². The largest absolute Gasteiger partial charge is 0.299 e. The fourth-order valence-electron chi connectivity index (χ4n) is 1.85. The van der Waals surface area contributed by atoms with Gasteiger partial charge < -0.3 is 0 Å². The predicted molar refractivity (Wildman–Crippen MR) is 64.3 cm³/mol. The van der Waals surface area contributed by atoms with Crippen molar-refractivity contribution in [1.82, 2.24) is 0 Å². The molecule has 0 saturated heterocycles. The molecule has 78 valence electrons. The summed E-state index contributed by atoms with van der Waals surface area (Å²) in [7, 11) is 0. The van der Waals surface area contributed by atoms with Crippen LogP contribution in [-0.4, -0.2) is 11.5 Å². The molecule has 0 radical (unpaired) electrons. The zero-order valence-electron chi connectivity index (χ0n) is 8.61. The molecule has 0 spiro atoms. The summed E-state index contributed by atoms with van der Waals surface area (Å²) >= 11 is 1.79. The van der Waals surface area contributed by atoms with Crippen molar-refractivity contribution in [1.29, 1.82) is 0 Å². The number of benzene rings is 1. The highest BCUT2D eigenvalue weighted by Gasteiger charge is 2.27. The molecule has 0 saturated carbocycles. The first-order valence-corrected chi connectivity index (χ1v) is 6.17. The Morgan fingerprint density at radius 2 is 2.33 bits per heavy atom. The average molecular weight is 218 g/mol. The highest BCUT2D eigenvalue weighted by atomic mass is 32.2. The second-order valence-corrected chi connectivity index (χ2v) is 4.76. The third-order valence-corrected chi connectivity index (χ3v) is 3.87. The van der Waals surface area contributed by atoms with E-state index in [0.717, 1.165) is 12.2 Å². The second-order valence-electron chi connectivity index (χ2n) is 3.70. The van der Waals surface area contributed by atoms with Gasteiger partial charge in [-0.25, -0.2) is 0 Å². The molecular weight excluding hydrogens is 204 g/mol. The van der Waals surface area contributed by atoms with Crippen LogP contribution in [0.4, 0.5) is 0 Å². The summed E-state index contributed by atoms with van der Waals surface area (Å²) in [5.74, 6) is 1.38. The number of hydrogen-bond donors (Lipinski definition) is 0. The molecule has 1 aromatic rings. The summed E-state index contributed by atoms with van der Waals surface area (Å²) in [5.41, 5.74) is 1.22. The summed E-state index contributed by atoms with van der Waals surface area (Å²) in [5, 5.41) is 0. The fraction of sp³-hybridized carbons (Fsp3) is 0.308. The number of Topliss-reactive ketones (excluding diaryl/α,β-unsaturated/α-hetero) is 1. The molecule has 0 aromatic heterocycles. The van der Waals surface area contributed by atoms with Gasteiger partial charge in [0, 0.05) is 17.1 Å². The first kappa shape index (κ1) is 10.5. The Morgan fingerprint density at radius 1 is 1.53 bits per heavy atom. The molecule has 1 aliphatic heterocycles. The fourth-order valence-corrected chi connectivity index (χ4v) is 3.11.